The molecule has 0 fully saturated rings. The van der Waals surface area contributed by atoms with E-state index in [1.54, 1.807) is 30.5 Å². The number of ether oxygens (including phenoxy) is 1. The quantitative estimate of drug-likeness (QED) is 0.698. The summed E-state index contributed by atoms with van der Waals surface area (Å²) in [5.41, 5.74) is 2.55. The summed E-state index contributed by atoms with van der Waals surface area (Å²) < 4.78 is 6.57. The first kappa shape index (κ1) is 17.9. The van der Waals surface area contributed by atoms with Crippen LogP contribution in [0, 0.1) is 6.92 Å². The highest BCUT2D eigenvalue weighted by atomic mass is 35.5. The Morgan fingerprint density at radius 3 is 2.69 bits per heavy atom. The molecule has 0 radical (unpaired) electrons. The van der Waals surface area contributed by atoms with Crippen LogP contribution in [-0.2, 0) is 9.53 Å². The number of nitrogens with zero attached hydrogens (tertiary/aromatic N) is 2. The van der Waals surface area contributed by atoms with E-state index < -0.39 is 12.0 Å². The van der Waals surface area contributed by atoms with Gasteiger partial charge in [0.2, 0.25) is 0 Å². The Morgan fingerprint density at radius 2 is 2.00 bits per heavy atom. The normalized spacial score (nSPS) is 12.0. The minimum atomic E-state index is -0.616. The number of imidazole rings is 1. The van der Waals surface area contributed by atoms with Crippen molar-refractivity contribution in [3.63, 3.8) is 0 Å². The maximum absolute atomic E-state index is 12.7. The number of hydrogen-bond donors (Lipinski definition) is 1. The Bertz CT molecular complexity index is 968. The second kappa shape index (κ2) is 7.58. The van der Waals surface area contributed by atoms with E-state index in [1.165, 1.54) is 7.11 Å². The van der Waals surface area contributed by atoms with Crippen molar-refractivity contribution >= 4 is 29.1 Å². The van der Waals surface area contributed by atoms with E-state index in [2.05, 4.69) is 10.3 Å². The molecule has 0 spiro atoms. The monoisotopic (exact) mass is 371 g/mol. The Labute approximate surface area is 155 Å². The molecule has 1 N–H and O–H groups in total. The predicted octanol–water partition coefficient (Wildman–Crippen LogP) is 3.33. The molecule has 2 heterocycles. The van der Waals surface area contributed by atoms with Crippen molar-refractivity contribution in [3.05, 3.63) is 70.6 Å². The number of esters is 1. The first-order chi connectivity index (χ1) is 12.5. The molecule has 0 saturated heterocycles. The van der Waals surface area contributed by atoms with E-state index in [1.807, 2.05) is 29.5 Å². The molecule has 1 aromatic carbocycles. The highest BCUT2D eigenvalue weighted by Gasteiger charge is 2.23. The molecule has 1 amide bonds. The number of aryl methyl sites for hydroxylation is 1. The van der Waals surface area contributed by atoms with Crippen molar-refractivity contribution in [1.82, 2.24) is 14.7 Å². The van der Waals surface area contributed by atoms with E-state index in [4.69, 9.17) is 16.3 Å². The van der Waals surface area contributed by atoms with Crippen molar-refractivity contribution in [2.45, 2.75) is 19.4 Å². The minimum absolute atomic E-state index is 0.0294. The number of carbonyl (C=O) groups is 2. The first-order valence-corrected chi connectivity index (χ1v) is 8.44. The Hall–Kier alpha value is -2.86. The van der Waals surface area contributed by atoms with Crippen molar-refractivity contribution in [3.8, 4) is 0 Å². The van der Waals surface area contributed by atoms with Gasteiger partial charge in [-0.2, -0.15) is 0 Å². The van der Waals surface area contributed by atoms with E-state index in [-0.39, 0.29) is 18.0 Å². The fraction of sp³-hybridized carbons (Fsp3) is 0.211. The van der Waals surface area contributed by atoms with Crippen molar-refractivity contribution in [2.24, 2.45) is 0 Å². The summed E-state index contributed by atoms with van der Waals surface area (Å²) in [5, 5.41) is 3.30. The molecule has 2 aromatic heterocycles. The number of rotatable bonds is 5. The van der Waals surface area contributed by atoms with Gasteiger partial charge in [-0.3, -0.25) is 9.59 Å². The fourth-order valence-corrected chi connectivity index (χ4v) is 3.00. The lowest BCUT2D eigenvalue weighted by Gasteiger charge is -2.18. The van der Waals surface area contributed by atoms with Crippen LogP contribution in [0.15, 0.2) is 48.7 Å². The van der Waals surface area contributed by atoms with E-state index in [9.17, 15) is 9.59 Å². The van der Waals surface area contributed by atoms with Gasteiger partial charge in [0.05, 0.1) is 19.6 Å². The lowest BCUT2D eigenvalue weighted by molar-refractivity contribution is -0.141. The van der Waals surface area contributed by atoms with Gasteiger partial charge in [-0.15, -0.1) is 0 Å². The van der Waals surface area contributed by atoms with Gasteiger partial charge in [-0.05, 0) is 30.7 Å². The summed E-state index contributed by atoms with van der Waals surface area (Å²) in [6.45, 7) is 1.93. The molecule has 1 atom stereocenters. The molecule has 134 valence electrons. The largest absolute Gasteiger partial charge is 0.469 e. The highest BCUT2D eigenvalue weighted by Crippen LogP contribution is 2.26. The summed E-state index contributed by atoms with van der Waals surface area (Å²) in [5.74, 6) is -0.831. The van der Waals surface area contributed by atoms with Crippen LogP contribution < -0.4 is 5.32 Å². The van der Waals surface area contributed by atoms with Crippen LogP contribution in [0.1, 0.15) is 34.2 Å². The van der Waals surface area contributed by atoms with Crippen molar-refractivity contribution < 1.29 is 14.3 Å². The lowest BCUT2D eigenvalue weighted by atomic mass is 10.0. The highest BCUT2D eigenvalue weighted by molar-refractivity contribution is 6.31. The maximum atomic E-state index is 12.7. The number of methoxy groups -OCH3 is 1. The van der Waals surface area contributed by atoms with Gasteiger partial charge in [-0.1, -0.05) is 35.9 Å². The molecule has 0 bridgehead atoms. The number of nitrogens with one attached hydrogen (secondary N) is 1. The zero-order valence-corrected chi connectivity index (χ0v) is 15.2. The Kier molecular flexibility index (Phi) is 5.23. The third-order valence-electron chi connectivity index (χ3n) is 4.11. The summed E-state index contributed by atoms with van der Waals surface area (Å²) in [6, 6.07) is 12.1. The van der Waals surface area contributed by atoms with Crippen LogP contribution >= 0.6 is 11.6 Å². The minimum Gasteiger partial charge on any atom is -0.469 e. The summed E-state index contributed by atoms with van der Waals surface area (Å²) >= 11 is 6.24. The molecular weight excluding hydrogens is 354 g/mol. The smallest absolute Gasteiger partial charge is 0.307 e. The van der Waals surface area contributed by atoms with E-state index in [0.717, 1.165) is 5.69 Å². The second-order valence-electron chi connectivity index (χ2n) is 5.85. The van der Waals surface area contributed by atoms with Crippen LogP contribution in [0.4, 0.5) is 0 Å². The van der Waals surface area contributed by atoms with Crippen LogP contribution in [-0.4, -0.2) is 28.4 Å². The zero-order chi connectivity index (χ0) is 18.7. The van der Waals surface area contributed by atoms with E-state index >= 15 is 0 Å². The lowest BCUT2D eigenvalue weighted by Crippen LogP contribution is -2.31. The number of amides is 1. The number of carbonyl (C=O) groups excluding carboxylic acids is 2. The molecule has 3 rings (SSSR count). The molecular formula is C19H18ClN3O3. The van der Waals surface area contributed by atoms with E-state index in [0.29, 0.717) is 16.2 Å². The number of hydrogen-bond acceptors (Lipinski definition) is 4. The number of pyridine rings is 1. The van der Waals surface area contributed by atoms with Crippen molar-refractivity contribution in [2.75, 3.05) is 7.11 Å². The number of fused-ring (bicyclic) bond motifs is 1. The Balaban J connectivity index is 1.89. The molecule has 26 heavy (non-hydrogen) atoms. The standard InChI is InChI=1S/C19H18ClN3O3/c1-12-6-5-9-17-21-16(11-23(12)17)19(25)22-15(10-18(24)26-2)13-7-3-4-8-14(13)20/h3-9,11,15H,10H2,1-2H3,(H,22,25). The second-order valence-corrected chi connectivity index (χ2v) is 6.26. The van der Waals surface area contributed by atoms with Gasteiger partial charge >= 0.3 is 5.97 Å². The maximum Gasteiger partial charge on any atom is 0.307 e. The summed E-state index contributed by atoms with van der Waals surface area (Å²) in [7, 11) is 1.30. The molecule has 6 nitrogen and oxygen atoms in total. The average molecular weight is 372 g/mol. The molecule has 3 aromatic rings. The molecule has 0 saturated carbocycles. The van der Waals surface area contributed by atoms with Crippen LogP contribution in [0.25, 0.3) is 5.65 Å². The van der Waals surface area contributed by atoms with Crippen LogP contribution in [0.5, 0.6) is 0 Å². The predicted molar refractivity (Wildman–Crippen MR) is 98.2 cm³/mol. The Morgan fingerprint density at radius 1 is 1.23 bits per heavy atom. The number of aromatic nitrogens is 2. The van der Waals surface area contributed by atoms with Crippen LogP contribution in [0.2, 0.25) is 5.02 Å². The molecule has 7 heteroatoms. The van der Waals surface area contributed by atoms with Crippen molar-refractivity contribution in [1.29, 1.82) is 0 Å². The topological polar surface area (TPSA) is 72.7 Å². The zero-order valence-electron chi connectivity index (χ0n) is 14.4. The average Bonchev–Trinajstić information content (AvgIpc) is 3.07. The molecule has 0 aliphatic heterocycles. The third kappa shape index (κ3) is 3.70. The molecule has 0 aliphatic carbocycles. The first-order valence-electron chi connectivity index (χ1n) is 8.06. The summed E-state index contributed by atoms with van der Waals surface area (Å²) in [6.07, 6.45) is 1.64. The van der Waals surface area contributed by atoms with Gasteiger partial charge < -0.3 is 14.5 Å². The van der Waals surface area contributed by atoms with Gasteiger partial charge in [0, 0.05) is 16.9 Å². The SMILES string of the molecule is COC(=O)CC(NC(=O)c1cn2c(C)cccc2n1)c1ccccc1Cl. The molecule has 1 unspecified atom stereocenters. The van der Waals surface area contributed by atoms with Crippen LogP contribution in [0.3, 0.4) is 0 Å². The third-order valence-corrected chi connectivity index (χ3v) is 4.46. The number of halogens is 1. The number of benzene rings is 1. The summed E-state index contributed by atoms with van der Waals surface area (Å²) in [4.78, 5) is 28.8. The molecule has 0 aliphatic rings. The van der Waals surface area contributed by atoms with Gasteiger partial charge in [-0.25, -0.2) is 4.98 Å². The van der Waals surface area contributed by atoms with Gasteiger partial charge in [0.1, 0.15) is 11.3 Å². The fourth-order valence-electron chi connectivity index (χ4n) is 2.74. The van der Waals surface area contributed by atoms with Gasteiger partial charge in [0.15, 0.2) is 0 Å². The van der Waals surface area contributed by atoms with Gasteiger partial charge in [0.25, 0.3) is 5.91 Å².